The Bertz CT molecular complexity index is 382. The second-order valence-electron chi connectivity index (χ2n) is 3.27. The molecule has 0 aromatic carbocycles. The minimum Gasteiger partial charge on any atom is -0.377 e. The zero-order chi connectivity index (χ0) is 8.67. The van der Waals surface area contributed by atoms with Crippen molar-refractivity contribution >= 4 is 28.4 Å². The molecule has 3 heteroatoms. The van der Waals surface area contributed by atoms with Crippen LogP contribution in [-0.4, -0.2) is 0 Å². The van der Waals surface area contributed by atoms with Gasteiger partial charge in [-0.1, -0.05) is 0 Å². The van der Waals surface area contributed by atoms with Gasteiger partial charge in [-0.25, -0.2) is 0 Å². The molecule has 1 aliphatic heterocycles. The summed E-state index contributed by atoms with van der Waals surface area (Å²) in [4.78, 5) is 0. The van der Waals surface area contributed by atoms with Gasteiger partial charge in [0.15, 0.2) is 0 Å². The summed E-state index contributed by atoms with van der Waals surface area (Å²) in [5.41, 5.74) is 4.23. The molecule has 3 rings (SSSR count). The second kappa shape index (κ2) is 2.86. The average molecular weight is 207 g/mol. The highest BCUT2D eigenvalue weighted by molar-refractivity contribution is 7.08. The minimum atomic E-state index is 0.518. The Balaban J connectivity index is 1.90. The lowest BCUT2D eigenvalue weighted by Gasteiger charge is -2.08. The van der Waals surface area contributed by atoms with Crippen LogP contribution in [0.15, 0.2) is 27.6 Å². The van der Waals surface area contributed by atoms with Crippen LogP contribution in [0.2, 0.25) is 0 Å². The topological polar surface area (TPSA) is 12.0 Å². The fourth-order valence-corrected chi connectivity index (χ4v) is 3.27. The fourth-order valence-electron chi connectivity index (χ4n) is 1.74. The molecule has 0 saturated heterocycles. The van der Waals surface area contributed by atoms with Crippen molar-refractivity contribution < 1.29 is 0 Å². The monoisotopic (exact) mass is 207 g/mol. The van der Waals surface area contributed by atoms with Crippen molar-refractivity contribution in [3.63, 3.8) is 0 Å². The van der Waals surface area contributed by atoms with E-state index < -0.39 is 0 Å². The molecule has 13 heavy (non-hydrogen) atoms. The van der Waals surface area contributed by atoms with Crippen LogP contribution in [0.4, 0.5) is 5.69 Å². The quantitative estimate of drug-likeness (QED) is 0.754. The van der Waals surface area contributed by atoms with Gasteiger partial charge >= 0.3 is 0 Å². The fraction of sp³-hybridized carbons (Fsp3) is 0.200. The molecule has 0 radical (unpaired) electrons. The number of fused-ring (bicyclic) bond motifs is 1. The van der Waals surface area contributed by atoms with Gasteiger partial charge in [0.2, 0.25) is 0 Å². The number of hydrogen-bond acceptors (Lipinski definition) is 3. The van der Waals surface area contributed by atoms with Crippen LogP contribution in [-0.2, 0) is 6.42 Å². The average Bonchev–Trinajstić information content (AvgIpc) is 2.78. The Labute approximate surface area is 85.0 Å². The summed E-state index contributed by atoms with van der Waals surface area (Å²) < 4.78 is 0. The largest absolute Gasteiger partial charge is 0.377 e. The molecule has 0 spiro atoms. The molecule has 0 saturated carbocycles. The van der Waals surface area contributed by atoms with Crippen molar-refractivity contribution in [2.75, 3.05) is 5.32 Å². The molecule has 0 fully saturated rings. The Kier molecular flexibility index (Phi) is 1.67. The maximum absolute atomic E-state index is 3.53. The first kappa shape index (κ1) is 7.59. The molecule has 1 nitrogen and oxygen atoms in total. The molecule has 1 atom stereocenters. The van der Waals surface area contributed by atoms with Gasteiger partial charge in [0.1, 0.15) is 0 Å². The maximum atomic E-state index is 3.53. The van der Waals surface area contributed by atoms with E-state index in [0.29, 0.717) is 6.04 Å². The highest BCUT2D eigenvalue weighted by Gasteiger charge is 2.22. The summed E-state index contributed by atoms with van der Waals surface area (Å²) in [7, 11) is 0. The summed E-state index contributed by atoms with van der Waals surface area (Å²) in [5, 5.41) is 12.3. The number of anilines is 1. The molecule has 1 unspecified atom stereocenters. The van der Waals surface area contributed by atoms with Gasteiger partial charge in [0.25, 0.3) is 0 Å². The van der Waals surface area contributed by atoms with E-state index in [0.717, 1.165) is 6.42 Å². The first-order chi connectivity index (χ1) is 6.43. The van der Waals surface area contributed by atoms with E-state index in [4.69, 9.17) is 0 Å². The summed E-state index contributed by atoms with van der Waals surface area (Å²) in [5.74, 6) is 0. The minimum absolute atomic E-state index is 0.518. The van der Waals surface area contributed by atoms with Gasteiger partial charge in [-0.05, 0) is 39.8 Å². The number of nitrogens with one attached hydrogen (secondary N) is 1. The highest BCUT2D eigenvalue weighted by Crippen LogP contribution is 2.36. The van der Waals surface area contributed by atoms with E-state index in [1.54, 1.807) is 22.7 Å². The standard InChI is InChI=1S/C10H9NS2/c1-2-12-4-7(1)9-3-8-5-13-6-10(8)11-9/h1-2,4-6,9,11H,3H2. The van der Waals surface area contributed by atoms with Crippen LogP contribution in [0.3, 0.4) is 0 Å². The van der Waals surface area contributed by atoms with E-state index in [9.17, 15) is 0 Å². The summed E-state index contributed by atoms with van der Waals surface area (Å²) in [6.45, 7) is 0. The molecule has 3 heterocycles. The smallest absolute Gasteiger partial charge is 0.0563 e. The van der Waals surface area contributed by atoms with Crippen LogP contribution in [0, 0.1) is 0 Å². The van der Waals surface area contributed by atoms with Gasteiger partial charge in [0, 0.05) is 11.1 Å². The lowest BCUT2D eigenvalue weighted by atomic mass is 10.1. The molecule has 2 aromatic heterocycles. The molecule has 1 aliphatic rings. The molecule has 2 aromatic rings. The third kappa shape index (κ3) is 1.19. The molecule has 1 N–H and O–H groups in total. The summed E-state index contributed by atoms with van der Waals surface area (Å²) in [6, 6.07) is 2.72. The second-order valence-corrected chi connectivity index (χ2v) is 4.79. The Hall–Kier alpha value is -0.800. The van der Waals surface area contributed by atoms with Crippen LogP contribution in [0.1, 0.15) is 17.2 Å². The van der Waals surface area contributed by atoms with E-state index in [1.807, 2.05) is 0 Å². The number of hydrogen-bond donors (Lipinski definition) is 1. The summed E-state index contributed by atoms with van der Waals surface area (Å²) in [6.07, 6.45) is 1.15. The molecular weight excluding hydrogens is 198 g/mol. The van der Waals surface area contributed by atoms with Crippen LogP contribution in [0.5, 0.6) is 0 Å². The Morgan fingerprint density at radius 3 is 3.00 bits per heavy atom. The SMILES string of the molecule is c1cc(C2Cc3cscc3N2)cs1. The lowest BCUT2D eigenvalue weighted by molar-refractivity contribution is 0.829. The van der Waals surface area contributed by atoms with Gasteiger partial charge < -0.3 is 5.32 Å². The Morgan fingerprint density at radius 1 is 1.23 bits per heavy atom. The lowest BCUT2D eigenvalue weighted by Crippen LogP contribution is -2.03. The molecule has 66 valence electrons. The summed E-state index contributed by atoms with van der Waals surface area (Å²) >= 11 is 3.55. The van der Waals surface area contributed by atoms with Crippen LogP contribution in [0.25, 0.3) is 0 Å². The van der Waals surface area contributed by atoms with Gasteiger partial charge in [-0.15, -0.1) is 11.3 Å². The first-order valence-electron chi connectivity index (χ1n) is 4.27. The predicted octanol–water partition coefficient (Wildman–Crippen LogP) is 3.52. The van der Waals surface area contributed by atoms with E-state index in [-0.39, 0.29) is 0 Å². The number of thiophene rings is 2. The molecule has 0 bridgehead atoms. The van der Waals surface area contributed by atoms with E-state index in [2.05, 4.69) is 32.9 Å². The normalized spacial score (nSPS) is 19.8. The Morgan fingerprint density at radius 2 is 2.23 bits per heavy atom. The van der Waals surface area contributed by atoms with Gasteiger partial charge in [-0.2, -0.15) is 11.3 Å². The van der Waals surface area contributed by atoms with Crippen molar-refractivity contribution in [3.05, 3.63) is 38.7 Å². The van der Waals surface area contributed by atoms with Crippen molar-refractivity contribution in [2.45, 2.75) is 12.5 Å². The van der Waals surface area contributed by atoms with Crippen molar-refractivity contribution in [1.82, 2.24) is 0 Å². The predicted molar refractivity (Wildman–Crippen MR) is 58.7 cm³/mol. The van der Waals surface area contributed by atoms with Crippen LogP contribution < -0.4 is 5.32 Å². The van der Waals surface area contributed by atoms with E-state index in [1.165, 1.54) is 16.8 Å². The highest BCUT2D eigenvalue weighted by atomic mass is 32.1. The molecule has 0 aliphatic carbocycles. The van der Waals surface area contributed by atoms with Crippen molar-refractivity contribution in [1.29, 1.82) is 0 Å². The first-order valence-corrected chi connectivity index (χ1v) is 6.16. The molecular formula is C10H9NS2. The third-order valence-electron chi connectivity index (χ3n) is 2.44. The maximum Gasteiger partial charge on any atom is 0.0563 e. The van der Waals surface area contributed by atoms with Crippen LogP contribution >= 0.6 is 22.7 Å². The van der Waals surface area contributed by atoms with Crippen molar-refractivity contribution in [3.8, 4) is 0 Å². The van der Waals surface area contributed by atoms with Gasteiger partial charge in [0.05, 0.1) is 6.04 Å². The zero-order valence-corrected chi connectivity index (χ0v) is 8.62. The third-order valence-corrected chi connectivity index (χ3v) is 3.94. The molecule has 0 amide bonds. The van der Waals surface area contributed by atoms with E-state index >= 15 is 0 Å². The zero-order valence-electron chi connectivity index (χ0n) is 6.99. The van der Waals surface area contributed by atoms with Gasteiger partial charge in [-0.3, -0.25) is 0 Å². The van der Waals surface area contributed by atoms with Crippen molar-refractivity contribution in [2.24, 2.45) is 0 Å². The number of rotatable bonds is 1.